The zero-order valence-corrected chi connectivity index (χ0v) is 12.2. The van der Waals surface area contributed by atoms with Gasteiger partial charge in [-0.1, -0.05) is 20.8 Å². The Labute approximate surface area is 110 Å². The molecule has 2 N–H and O–H groups in total. The number of aromatic nitrogens is 2. The Balaban J connectivity index is 2.52. The number of hydrogen-bond donors (Lipinski definition) is 2. The minimum absolute atomic E-state index is 0.0200. The summed E-state index contributed by atoms with van der Waals surface area (Å²) in [5.41, 5.74) is 2.35. The molecule has 18 heavy (non-hydrogen) atoms. The highest BCUT2D eigenvalue weighted by molar-refractivity contribution is 5.09. The van der Waals surface area contributed by atoms with Crippen LogP contribution in [0.3, 0.4) is 0 Å². The van der Waals surface area contributed by atoms with Gasteiger partial charge in [0.15, 0.2) is 0 Å². The summed E-state index contributed by atoms with van der Waals surface area (Å²) in [6.07, 6.45) is 2.97. The Morgan fingerprint density at radius 2 is 2.00 bits per heavy atom. The second-order valence-electron chi connectivity index (χ2n) is 5.07. The van der Waals surface area contributed by atoms with Gasteiger partial charge in [-0.3, -0.25) is 4.68 Å². The number of aryl methyl sites for hydroxylation is 2. The molecule has 1 aromatic rings. The quantitative estimate of drug-likeness (QED) is 0.743. The van der Waals surface area contributed by atoms with Gasteiger partial charge in [0.25, 0.3) is 0 Å². The largest absolute Gasteiger partial charge is 0.396 e. The number of nitrogens with zero attached hydrogens (tertiary/aromatic N) is 2. The summed E-state index contributed by atoms with van der Waals surface area (Å²) in [5.74, 6) is 0. The predicted octanol–water partition coefficient (Wildman–Crippen LogP) is 1.87. The van der Waals surface area contributed by atoms with Crippen LogP contribution in [-0.4, -0.2) is 28.0 Å². The van der Waals surface area contributed by atoms with Gasteiger partial charge < -0.3 is 10.4 Å². The fourth-order valence-electron chi connectivity index (χ4n) is 2.14. The second kappa shape index (κ2) is 6.90. The molecule has 0 aliphatic heterocycles. The summed E-state index contributed by atoms with van der Waals surface area (Å²) < 4.78 is 1.93. The Morgan fingerprint density at radius 3 is 2.44 bits per heavy atom. The molecule has 0 saturated carbocycles. The number of rotatable bonds is 8. The van der Waals surface area contributed by atoms with E-state index < -0.39 is 0 Å². The van der Waals surface area contributed by atoms with Crippen LogP contribution in [0.2, 0.25) is 0 Å². The molecule has 0 unspecified atom stereocenters. The fraction of sp³-hybridized carbons (Fsp3) is 0.786. The highest BCUT2D eigenvalue weighted by Gasteiger charge is 2.24. The van der Waals surface area contributed by atoms with E-state index in [1.807, 2.05) is 11.7 Å². The first-order valence-corrected chi connectivity index (χ1v) is 6.94. The lowest BCUT2D eigenvalue weighted by atomic mass is 9.83. The maximum Gasteiger partial charge on any atom is 0.0625 e. The molecular formula is C14H27N3O. The van der Waals surface area contributed by atoms with Crippen LogP contribution in [0.25, 0.3) is 0 Å². The Hall–Kier alpha value is -0.870. The van der Waals surface area contributed by atoms with Crippen LogP contribution >= 0.6 is 0 Å². The molecule has 0 spiro atoms. The third kappa shape index (κ3) is 3.56. The van der Waals surface area contributed by atoms with E-state index in [9.17, 15) is 5.11 Å². The molecule has 0 aliphatic carbocycles. The van der Waals surface area contributed by atoms with Crippen molar-refractivity contribution >= 4 is 0 Å². The van der Waals surface area contributed by atoms with Crippen LogP contribution in [-0.2, 0) is 20.0 Å². The van der Waals surface area contributed by atoms with Crippen LogP contribution in [0.5, 0.6) is 0 Å². The molecule has 4 nitrogen and oxygen atoms in total. The molecule has 0 aromatic carbocycles. The van der Waals surface area contributed by atoms with Gasteiger partial charge in [-0.2, -0.15) is 5.10 Å². The SMILES string of the molecule is CCc1cc(CNCC(CC)(CC)CO)n(C)n1. The van der Waals surface area contributed by atoms with E-state index in [1.54, 1.807) is 0 Å². The van der Waals surface area contributed by atoms with E-state index in [1.165, 1.54) is 5.69 Å². The monoisotopic (exact) mass is 253 g/mol. The van der Waals surface area contributed by atoms with E-state index in [4.69, 9.17) is 0 Å². The molecule has 0 saturated heterocycles. The summed E-state index contributed by atoms with van der Waals surface area (Å²) in [5, 5.41) is 17.4. The number of nitrogens with one attached hydrogen (secondary N) is 1. The highest BCUT2D eigenvalue weighted by Crippen LogP contribution is 2.24. The van der Waals surface area contributed by atoms with Gasteiger partial charge in [0.1, 0.15) is 0 Å². The van der Waals surface area contributed by atoms with E-state index in [2.05, 4.69) is 37.3 Å². The minimum Gasteiger partial charge on any atom is -0.396 e. The fourth-order valence-corrected chi connectivity index (χ4v) is 2.14. The zero-order chi connectivity index (χ0) is 13.6. The van der Waals surface area contributed by atoms with Gasteiger partial charge in [0.2, 0.25) is 0 Å². The van der Waals surface area contributed by atoms with Crippen LogP contribution < -0.4 is 5.32 Å². The molecular weight excluding hydrogens is 226 g/mol. The van der Waals surface area contributed by atoms with Crippen molar-refractivity contribution in [3.8, 4) is 0 Å². The predicted molar refractivity (Wildman–Crippen MR) is 74.4 cm³/mol. The third-order valence-electron chi connectivity index (χ3n) is 4.03. The van der Waals surface area contributed by atoms with Gasteiger partial charge in [-0.05, 0) is 25.3 Å². The molecule has 0 aliphatic rings. The molecule has 0 amide bonds. The maximum atomic E-state index is 9.51. The van der Waals surface area contributed by atoms with E-state index in [0.29, 0.717) is 0 Å². The first kappa shape index (κ1) is 15.2. The topological polar surface area (TPSA) is 50.1 Å². The van der Waals surface area contributed by atoms with E-state index >= 15 is 0 Å². The lowest BCUT2D eigenvalue weighted by Gasteiger charge is -2.29. The first-order valence-electron chi connectivity index (χ1n) is 6.94. The normalized spacial score (nSPS) is 12.1. The summed E-state index contributed by atoms with van der Waals surface area (Å²) >= 11 is 0. The van der Waals surface area contributed by atoms with Gasteiger partial charge in [0, 0.05) is 32.2 Å². The van der Waals surface area contributed by atoms with Gasteiger partial charge in [-0.25, -0.2) is 0 Å². The zero-order valence-electron chi connectivity index (χ0n) is 12.2. The van der Waals surface area contributed by atoms with Crippen LogP contribution in [0.4, 0.5) is 0 Å². The van der Waals surface area contributed by atoms with Crippen molar-refractivity contribution in [3.63, 3.8) is 0 Å². The molecule has 1 rings (SSSR count). The average molecular weight is 253 g/mol. The minimum atomic E-state index is 0.0200. The highest BCUT2D eigenvalue weighted by atomic mass is 16.3. The molecule has 1 aromatic heterocycles. The number of aliphatic hydroxyl groups is 1. The molecule has 4 heteroatoms. The second-order valence-corrected chi connectivity index (χ2v) is 5.07. The average Bonchev–Trinajstić information content (AvgIpc) is 2.76. The van der Waals surface area contributed by atoms with Crippen molar-refractivity contribution in [2.75, 3.05) is 13.2 Å². The summed E-state index contributed by atoms with van der Waals surface area (Å²) in [4.78, 5) is 0. The van der Waals surface area contributed by atoms with Crippen LogP contribution in [0.15, 0.2) is 6.07 Å². The Bertz CT molecular complexity index is 348. The molecule has 104 valence electrons. The van der Waals surface area contributed by atoms with Crippen LogP contribution in [0.1, 0.15) is 45.0 Å². The Kier molecular flexibility index (Phi) is 5.82. The van der Waals surface area contributed by atoms with Gasteiger partial charge in [0.05, 0.1) is 11.4 Å². The van der Waals surface area contributed by atoms with E-state index in [-0.39, 0.29) is 12.0 Å². The van der Waals surface area contributed by atoms with Crippen molar-refractivity contribution in [1.29, 1.82) is 0 Å². The third-order valence-corrected chi connectivity index (χ3v) is 4.03. The number of hydrogen-bond acceptors (Lipinski definition) is 3. The lowest BCUT2D eigenvalue weighted by Crippen LogP contribution is -2.36. The molecule has 0 atom stereocenters. The standard InChI is InChI=1S/C14H27N3O/c1-5-12-8-13(17(4)16-12)9-15-10-14(6-2,7-3)11-18/h8,15,18H,5-7,9-11H2,1-4H3. The van der Waals surface area contributed by atoms with Crippen LogP contribution in [0, 0.1) is 5.41 Å². The Morgan fingerprint density at radius 1 is 1.33 bits per heavy atom. The van der Waals surface area contributed by atoms with Gasteiger partial charge >= 0.3 is 0 Å². The molecule has 0 radical (unpaired) electrons. The van der Waals surface area contributed by atoms with E-state index in [0.717, 1.165) is 38.0 Å². The molecule has 1 heterocycles. The van der Waals surface area contributed by atoms with Crippen molar-refractivity contribution in [2.24, 2.45) is 12.5 Å². The lowest BCUT2D eigenvalue weighted by molar-refractivity contribution is 0.113. The van der Waals surface area contributed by atoms with Crippen molar-refractivity contribution in [2.45, 2.75) is 46.6 Å². The molecule has 0 bridgehead atoms. The van der Waals surface area contributed by atoms with Crippen molar-refractivity contribution < 1.29 is 5.11 Å². The van der Waals surface area contributed by atoms with Crippen molar-refractivity contribution in [1.82, 2.24) is 15.1 Å². The smallest absolute Gasteiger partial charge is 0.0625 e. The molecule has 0 fully saturated rings. The number of aliphatic hydroxyl groups excluding tert-OH is 1. The first-order chi connectivity index (χ1) is 8.60. The van der Waals surface area contributed by atoms with Crippen molar-refractivity contribution in [3.05, 3.63) is 17.5 Å². The summed E-state index contributed by atoms with van der Waals surface area (Å²) in [7, 11) is 1.98. The summed E-state index contributed by atoms with van der Waals surface area (Å²) in [6.45, 7) is 8.30. The summed E-state index contributed by atoms with van der Waals surface area (Å²) in [6, 6.07) is 2.14. The van der Waals surface area contributed by atoms with Gasteiger partial charge in [-0.15, -0.1) is 0 Å². The maximum absolute atomic E-state index is 9.51.